The van der Waals surface area contributed by atoms with Crippen LogP contribution in [0.4, 0.5) is 13.2 Å². The summed E-state index contributed by atoms with van der Waals surface area (Å²) in [5.74, 6) is 0.762. The van der Waals surface area contributed by atoms with Gasteiger partial charge in [-0.2, -0.15) is 13.2 Å². The van der Waals surface area contributed by atoms with Gasteiger partial charge in [0.15, 0.2) is 5.16 Å². The Bertz CT molecular complexity index is 1180. The van der Waals surface area contributed by atoms with Gasteiger partial charge < -0.3 is 4.57 Å². The molecule has 3 rings (SSSR count). The standard InChI is InChI=1S/C20H18BrF3N4O2S2/c1-2-11-28-18(12-25-32(29,30)17-9-7-16(21)8-10-17)26-27-19(28)31-13-14-3-5-15(6-4-14)20(22,23)24/h2-10,25H,1,11-13H2. The summed E-state index contributed by atoms with van der Waals surface area (Å²) in [6.07, 6.45) is -2.76. The van der Waals surface area contributed by atoms with Crippen LogP contribution in [-0.4, -0.2) is 23.2 Å². The van der Waals surface area contributed by atoms with Crippen molar-refractivity contribution in [2.45, 2.75) is 35.1 Å². The fourth-order valence-corrected chi connectivity index (χ4v) is 4.83. The lowest BCUT2D eigenvalue weighted by molar-refractivity contribution is -0.137. The molecule has 0 saturated carbocycles. The molecule has 6 nitrogen and oxygen atoms in total. The van der Waals surface area contributed by atoms with E-state index in [4.69, 9.17) is 0 Å². The fourth-order valence-electron chi connectivity index (χ4n) is 2.66. The summed E-state index contributed by atoms with van der Waals surface area (Å²) in [7, 11) is -3.75. The van der Waals surface area contributed by atoms with Crippen molar-refractivity contribution in [2.75, 3.05) is 0 Å². The van der Waals surface area contributed by atoms with Gasteiger partial charge in [0.2, 0.25) is 10.0 Å². The highest BCUT2D eigenvalue weighted by Gasteiger charge is 2.29. The summed E-state index contributed by atoms with van der Waals surface area (Å²) >= 11 is 4.55. The van der Waals surface area contributed by atoms with Gasteiger partial charge in [-0.1, -0.05) is 45.9 Å². The zero-order valence-electron chi connectivity index (χ0n) is 16.5. The SMILES string of the molecule is C=CCn1c(CNS(=O)(=O)c2ccc(Br)cc2)nnc1SCc1ccc(C(F)(F)F)cc1. The molecule has 0 spiro atoms. The number of hydrogen-bond acceptors (Lipinski definition) is 5. The van der Waals surface area contributed by atoms with E-state index in [9.17, 15) is 21.6 Å². The summed E-state index contributed by atoms with van der Waals surface area (Å²) in [5, 5.41) is 8.67. The highest BCUT2D eigenvalue weighted by atomic mass is 79.9. The third-order valence-electron chi connectivity index (χ3n) is 4.30. The van der Waals surface area contributed by atoms with Crippen LogP contribution >= 0.6 is 27.7 Å². The summed E-state index contributed by atoms with van der Waals surface area (Å²) in [6, 6.07) is 11.1. The first kappa shape index (κ1) is 24.5. The van der Waals surface area contributed by atoms with E-state index in [-0.39, 0.29) is 11.4 Å². The number of benzene rings is 2. The minimum Gasteiger partial charge on any atom is -0.301 e. The minimum absolute atomic E-state index is 0.0833. The Morgan fingerprint density at radius 3 is 2.34 bits per heavy atom. The number of allylic oxidation sites excluding steroid dienone is 1. The van der Waals surface area contributed by atoms with Gasteiger partial charge in [-0.05, 0) is 42.0 Å². The molecule has 1 aromatic heterocycles. The second-order valence-corrected chi connectivity index (χ2v) is 10.2. The zero-order chi connectivity index (χ0) is 23.4. The van der Waals surface area contributed by atoms with Gasteiger partial charge in [0.05, 0.1) is 17.0 Å². The maximum atomic E-state index is 12.7. The van der Waals surface area contributed by atoms with Crippen LogP contribution in [0.15, 0.2) is 75.7 Å². The number of alkyl halides is 3. The van der Waals surface area contributed by atoms with Crippen LogP contribution in [-0.2, 0) is 35.0 Å². The smallest absolute Gasteiger partial charge is 0.301 e. The molecule has 170 valence electrons. The number of halogens is 4. The fraction of sp³-hybridized carbons (Fsp3) is 0.200. The number of rotatable bonds is 9. The van der Waals surface area contributed by atoms with E-state index in [0.29, 0.717) is 28.8 Å². The first-order valence-electron chi connectivity index (χ1n) is 9.17. The molecular formula is C20H18BrF3N4O2S2. The Morgan fingerprint density at radius 1 is 1.09 bits per heavy atom. The molecule has 1 heterocycles. The van der Waals surface area contributed by atoms with E-state index in [1.165, 1.54) is 36.0 Å². The molecular weight excluding hydrogens is 529 g/mol. The van der Waals surface area contributed by atoms with Crippen LogP contribution < -0.4 is 4.72 Å². The van der Waals surface area contributed by atoms with Gasteiger partial charge in [-0.25, -0.2) is 13.1 Å². The van der Waals surface area contributed by atoms with Crippen molar-refractivity contribution in [3.8, 4) is 0 Å². The third kappa shape index (κ3) is 6.21. The first-order valence-corrected chi connectivity index (χ1v) is 12.4. The van der Waals surface area contributed by atoms with Crippen molar-refractivity contribution in [1.29, 1.82) is 0 Å². The van der Waals surface area contributed by atoms with Crippen molar-refractivity contribution < 1.29 is 21.6 Å². The number of sulfonamides is 1. The predicted octanol–water partition coefficient (Wildman–Crippen LogP) is 5.02. The number of nitrogens with zero attached hydrogens (tertiary/aromatic N) is 3. The van der Waals surface area contributed by atoms with E-state index in [1.807, 2.05) is 0 Å². The lowest BCUT2D eigenvalue weighted by atomic mass is 10.1. The summed E-state index contributed by atoms with van der Waals surface area (Å²) in [4.78, 5) is 0.118. The molecule has 0 radical (unpaired) electrons. The predicted molar refractivity (Wildman–Crippen MR) is 119 cm³/mol. The highest BCUT2D eigenvalue weighted by Crippen LogP contribution is 2.30. The number of thioether (sulfide) groups is 1. The van der Waals surface area contributed by atoms with Gasteiger partial charge in [0.1, 0.15) is 5.82 Å². The third-order valence-corrected chi connectivity index (χ3v) is 7.28. The largest absolute Gasteiger partial charge is 0.416 e. The Hall–Kier alpha value is -2.15. The highest BCUT2D eigenvalue weighted by molar-refractivity contribution is 9.10. The monoisotopic (exact) mass is 546 g/mol. The molecule has 3 aromatic rings. The van der Waals surface area contributed by atoms with Crippen molar-refractivity contribution in [2.24, 2.45) is 0 Å². The second kappa shape index (κ2) is 10.2. The van der Waals surface area contributed by atoms with E-state index in [0.717, 1.165) is 16.6 Å². The molecule has 32 heavy (non-hydrogen) atoms. The van der Waals surface area contributed by atoms with Crippen LogP contribution in [0.5, 0.6) is 0 Å². The molecule has 0 saturated heterocycles. The minimum atomic E-state index is -4.38. The molecule has 0 bridgehead atoms. The topological polar surface area (TPSA) is 76.9 Å². The van der Waals surface area contributed by atoms with E-state index < -0.39 is 21.8 Å². The van der Waals surface area contributed by atoms with Crippen LogP contribution in [0.3, 0.4) is 0 Å². The van der Waals surface area contributed by atoms with Crippen molar-refractivity contribution in [3.05, 3.63) is 82.6 Å². The van der Waals surface area contributed by atoms with Gasteiger partial charge in [0.25, 0.3) is 0 Å². The molecule has 0 fully saturated rings. The van der Waals surface area contributed by atoms with Gasteiger partial charge in [0, 0.05) is 16.8 Å². The summed E-state index contributed by atoms with van der Waals surface area (Å²) in [5.41, 5.74) is -0.0185. The van der Waals surface area contributed by atoms with Gasteiger partial charge in [-0.3, -0.25) is 0 Å². The van der Waals surface area contributed by atoms with Crippen molar-refractivity contribution in [3.63, 3.8) is 0 Å². The van der Waals surface area contributed by atoms with Crippen LogP contribution in [0, 0.1) is 0 Å². The van der Waals surface area contributed by atoms with Crippen LogP contribution in [0.2, 0.25) is 0 Å². The maximum Gasteiger partial charge on any atom is 0.416 e. The Morgan fingerprint density at radius 2 is 1.75 bits per heavy atom. The summed E-state index contributed by atoms with van der Waals surface area (Å²) < 4.78 is 68.1. The van der Waals surface area contributed by atoms with Gasteiger partial charge in [-0.15, -0.1) is 16.8 Å². The molecule has 0 aliphatic rings. The number of nitrogens with one attached hydrogen (secondary N) is 1. The maximum absolute atomic E-state index is 12.7. The molecule has 0 atom stereocenters. The zero-order valence-corrected chi connectivity index (χ0v) is 19.7. The molecule has 1 N–H and O–H groups in total. The first-order chi connectivity index (χ1) is 15.1. The Balaban J connectivity index is 1.69. The number of aromatic nitrogens is 3. The average Bonchev–Trinajstić information content (AvgIpc) is 3.13. The Labute approximate surface area is 196 Å². The quantitative estimate of drug-likeness (QED) is 0.301. The molecule has 0 aliphatic carbocycles. The molecule has 0 unspecified atom stereocenters. The molecule has 12 heteroatoms. The lowest BCUT2D eigenvalue weighted by Crippen LogP contribution is -2.25. The normalized spacial score (nSPS) is 12.1. The van der Waals surface area contributed by atoms with Crippen LogP contribution in [0.25, 0.3) is 0 Å². The number of hydrogen-bond donors (Lipinski definition) is 1. The van der Waals surface area contributed by atoms with Crippen molar-refractivity contribution in [1.82, 2.24) is 19.5 Å². The molecule has 0 amide bonds. The second-order valence-electron chi connectivity index (χ2n) is 6.56. The summed E-state index contributed by atoms with van der Waals surface area (Å²) in [6.45, 7) is 3.96. The average molecular weight is 547 g/mol. The Kier molecular flexibility index (Phi) is 7.80. The lowest BCUT2D eigenvalue weighted by Gasteiger charge is -2.10. The van der Waals surface area contributed by atoms with Gasteiger partial charge >= 0.3 is 6.18 Å². The van der Waals surface area contributed by atoms with Crippen molar-refractivity contribution >= 4 is 37.7 Å². The van der Waals surface area contributed by atoms with Crippen LogP contribution in [0.1, 0.15) is 17.0 Å². The van der Waals surface area contributed by atoms with E-state index >= 15 is 0 Å². The van der Waals surface area contributed by atoms with E-state index in [2.05, 4.69) is 37.4 Å². The van der Waals surface area contributed by atoms with E-state index in [1.54, 1.807) is 22.8 Å². The molecule has 0 aliphatic heterocycles. The molecule has 2 aromatic carbocycles.